The molecule has 5 N–H and O–H groups in total. The Morgan fingerprint density at radius 3 is 2.10 bits per heavy atom. The molecule has 0 aromatic heterocycles. The summed E-state index contributed by atoms with van der Waals surface area (Å²) < 4.78 is 0. The van der Waals surface area contributed by atoms with Crippen molar-refractivity contribution in [2.45, 2.75) is 6.42 Å². The third kappa shape index (κ3) is 4.44. The van der Waals surface area contributed by atoms with Gasteiger partial charge >= 0.3 is 0 Å². The Balaban J connectivity index is 1.57. The van der Waals surface area contributed by atoms with Crippen LogP contribution >= 0.6 is 0 Å². The van der Waals surface area contributed by atoms with Crippen molar-refractivity contribution < 1.29 is 15.0 Å². The van der Waals surface area contributed by atoms with E-state index in [9.17, 15) is 15.0 Å². The minimum atomic E-state index is -0.181. The predicted molar refractivity (Wildman–Crippen MR) is 116 cm³/mol. The lowest BCUT2D eigenvalue weighted by atomic mass is 10.1. The Labute approximate surface area is 174 Å². The lowest BCUT2D eigenvalue weighted by Gasteiger charge is -2.25. The van der Waals surface area contributed by atoms with Gasteiger partial charge in [-0.2, -0.15) is 0 Å². The van der Waals surface area contributed by atoms with E-state index >= 15 is 0 Å². The minimum absolute atomic E-state index is 0.165. The number of carbonyl (C=O) groups excluding carboxylic acids is 1. The van der Waals surface area contributed by atoms with Crippen LogP contribution in [0.25, 0.3) is 11.4 Å². The minimum Gasteiger partial charge on any atom is -0.508 e. The monoisotopic (exact) mass is 399 g/mol. The van der Waals surface area contributed by atoms with Crippen molar-refractivity contribution in [3.8, 4) is 11.5 Å². The number of aromatic hydroxyl groups is 2. The van der Waals surface area contributed by atoms with Crippen LogP contribution in [0.5, 0.6) is 11.5 Å². The van der Waals surface area contributed by atoms with Crippen molar-refractivity contribution in [3.05, 3.63) is 108 Å². The first-order valence-corrected chi connectivity index (χ1v) is 9.49. The van der Waals surface area contributed by atoms with Crippen LogP contribution in [0.4, 0.5) is 0 Å². The number of nitrogens with one attached hydrogen (secondary N) is 3. The summed E-state index contributed by atoms with van der Waals surface area (Å²) in [4.78, 5) is 12.6. The molecule has 6 heteroatoms. The van der Waals surface area contributed by atoms with Gasteiger partial charge in [-0.3, -0.25) is 4.79 Å². The number of rotatable bonds is 5. The van der Waals surface area contributed by atoms with Crippen LogP contribution < -0.4 is 16.0 Å². The molecule has 0 spiro atoms. The zero-order valence-corrected chi connectivity index (χ0v) is 16.1. The van der Waals surface area contributed by atoms with Gasteiger partial charge in [0.15, 0.2) is 0 Å². The molecule has 0 saturated heterocycles. The van der Waals surface area contributed by atoms with Crippen molar-refractivity contribution in [3.63, 3.8) is 0 Å². The molecule has 6 nitrogen and oxygen atoms in total. The molecule has 3 aromatic rings. The SMILES string of the molecule is O=C(Cc1ccc(O)cc1)NC1=C(c2ccccc2)NC(c2ccc(O)cc2)=CN1. The zero-order valence-electron chi connectivity index (χ0n) is 16.1. The van der Waals surface area contributed by atoms with Crippen molar-refractivity contribution in [1.29, 1.82) is 0 Å². The average Bonchev–Trinajstić information content (AvgIpc) is 2.77. The fraction of sp³-hybridized carbons (Fsp3) is 0.0417. The van der Waals surface area contributed by atoms with Gasteiger partial charge in [0, 0.05) is 11.8 Å². The Morgan fingerprint density at radius 2 is 1.43 bits per heavy atom. The van der Waals surface area contributed by atoms with Crippen molar-refractivity contribution in [2.24, 2.45) is 0 Å². The number of hydrogen-bond acceptors (Lipinski definition) is 5. The first kappa shape index (κ1) is 19.1. The molecule has 0 fully saturated rings. The van der Waals surface area contributed by atoms with E-state index in [1.807, 2.05) is 42.5 Å². The first-order chi connectivity index (χ1) is 14.6. The standard InChI is InChI=1S/C24H21N3O3/c28-19-10-6-16(7-11-19)14-22(30)27-24-23(18-4-2-1-3-5-18)26-21(15-25-24)17-8-12-20(29)13-9-17/h1-13,15,25-26,28-29H,14H2,(H,27,30). The smallest absolute Gasteiger partial charge is 0.229 e. The molecule has 4 rings (SSSR count). The summed E-state index contributed by atoms with van der Waals surface area (Å²) in [6, 6.07) is 23.1. The number of phenolic OH excluding ortho intramolecular Hbond substituents is 2. The van der Waals surface area contributed by atoms with Gasteiger partial charge in [-0.25, -0.2) is 0 Å². The zero-order chi connectivity index (χ0) is 20.9. The fourth-order valence-corrected chi connectivity index (χ4v) is 3.15. The molecule has 1 aliphatic rings. The maximum atomic E-state index is 12.6. The quantitative estimate of drug-likeness (QED) is 0.454. The third-order valence-corrected chi connectivity index (χ3v) is 4.68. The summed E-state index contributed by atoms with van der Waals surface area (Å²) in [7, 11) is 0. The largest absolute Gasteiger partial charge is 0.508 e. The van der Waals surface area contributed by atoms with E-state index in [0.717, 1.165) is 28.1 Å². The maximum Gasteiger partial charge on any atom is 0.229 e. The number of phenols is 2. The van der Waals surface area contributed by atoms with E-state index in [4.69, 9.17) is 0 Å². The molecule has 0 aliphatic carbocycles. The van der Waals surface area contributed by atoms with Gasteiger partial charge in [-0.1, -0.05) is 42.5 Å². The van der Waals surface area contributed by atoms with E-state index < -0.39 is 0 Å². The summed E-state index contributed by atoms with van der Waals surface area (Å²) in [6.45, 7) is 0. The molecule has 0 bridgehead atoms. The normalized spacial score (nSPS) is 13.1. The molecule has 0 unspecified atom stereocenters. The van der Waals surface area contributed by atoms with E-state index in [0.29, 0.717) is 5.82 Å². The van der Waals surface area contributed by atoms with E-state index in [1.54, 1.807) is 42.6 Å². The van der Waals surface area contributed by atoms with Gasteiger partial charge in [0.25, 0.3) is 0 Å². The molecule has 1 aliphatic heterocycles. The molecule has 3 aromatic carbocycles. The molecule has 1 heterocycles. The van der Waals surface area contributed by atoms with Crippen molar-refractivity contribution in [1.82, 2.24) is 16.0 Å². The first-order valence-electron chi connectivity index (χ1n) is 9.49. The van der Waals surface area contributed by atoms with E-state index in [-0.39, 0.29) is 23.8 Å². The maximum absolute atomic E-state index is 12.6. The molecule has 0 atom stereocenters. The van der Waals surface area contributed by atoms with Gasteiger partial charge in [0.2, 0.25) is 5.91 Å². The van der Waals surface area contributed by atoms with Crippen molar-refractivity contribution in [2.75, 3.05) is 0 Å². The topological polar surface area (TPSA) is 93.6 Å². The lowest BCUT2D eigenvalue weighted by Crippen LogP contribution is -2.36. The summed E-state index contributed by atoms with van der Waals surface area (Å²) in [5.41, 5.74) is 4.15. The van der Waals surface area contributed by atoms with Crippen LogP contribution in [-0.2, 0) is 11.2 Å². The predicted octanol–water partition coefficient (Wildman–Crippen LogP) is 3.27. The molecule has 150 valence electrons. The Morgan fingerprint density at radius 1 is 0.800 bits per heavy atom. The molecule has 0 saturated carbocycles. The number of hydrogen-bond donors (Lipinski definition) is 5. The molecular weight excluding hydrogens is 378 g/mol. The fourth-order valence-electron chi connectivity index (χ4n) is 3.15. The molecule has 1 amide bonds. The summed E-state index contributed by atoms with van der Waals surface area (Å²) >= 11 is 0. The van der Waals surface area contributed by atoms with Crippen LogP contribution in [0.3, 0.4) is 0 Å². The van der Waals surface area contributed by atoms with E-state index in [1.165, 1.54) is 0 Å². The summed E-state index contributed by atoms with van der Waals surface area (Å²) in [5, 5.41) is 28.4. The highest BCUT2D eigenvalue weighted by atomic mass is 16.3. The number of amides is 1. The highest BCUT2D eigenvalue weighted by Crippen LogP contribution is 2.24. The second kappa shape index (κ2) is 8.45. The molecular formula is C24H21N3O3. The van der Waals surface area contributed by atoms with Gasteiger partial charge in [0.05, 0.1) is 17.8 Å². The van der Waals surface area contributed by atoms with Gasteiger partial charge in [-0.05, 0) is 47.5 Å². The van der Waals surface area contributed by atoms with Crippen LogP contribution in [-0.4, -0.2) is 16.1 Å². The molecule has 30 heavy (non-hydrogen) atoms. The second-order valence-corrected chi connectivity index (χ2v) is 6.88. The summed E-state index contributed by atoms with van der Waals surface area (Å²) in [5.74, 6) is 0.731. The van der Waals surface area contributed by atoms with Crippen LogP contribution in [0, 0.1) is 0 Å². The van der Waals surface area contributed by atoms with Crippen LogP contribution in [0.2, 0.25) is 0 Å². The van der Waals surface area contributed by atoms with Gasteiger partial charge < -0.3 is 26.2 Å². The highest BCUT2D eigenvalue weighted by molar-refractivity contribution is 5.86. The van der Waals surface area contributed by atoms with Crippen molar-refractivity contribution >= 4 is 17.3 Å². The van der Waals surface area contributed by atoms with E-state index in [2.05, 4.69) is 16.0 Å². The molecule has 0 radical (unpaired) electrons. The van der Waals surface area contributed by atoms with Crippen LogP contribution in [0.1, 0.15) is 16.7 Å². The number of benzene rings is 3. The second-order valence-electron chi connectivity index (χ2n) is 6.88. The summed E-state index contributed by atoms with van der Waals surface area (Å²) in [6.07, 6.45) is 1.96. The Kier molecular flexibility index (Phi) is 5.39. The highest BCUT2D eigenvalue weighted by Gasteiger charge is 2.18. The van der Waals surface area contributed by atoms with Gasteiger partial charge in [-0.15, -0.1) is 0 Å². The van der Waals surface area contributed by atoms with Gasteiger partial charge in [0.1, 0.15) is 17.3 Å². The van der Waals surface area contributed by atoms with Crippen LogP contribution in [0.15, 0.2) is 90.9 Å². The Bertz CT molecular complexity index is 1100. The number of carbonyl (C=O) groups is 1. The average molecular weight is 399 g/mol. The third-order valence-electron chi connectivity index (χ3n) is 4.68. The lowest BCUT2D eigenvalue weighted by molar-refractivity contribution is -0.119. The Hall–Kier alpha value is -4.19.